The van der Waals surface area contributed by atoms with E-state index in [0.29, 0.717) is 24.0 Å². The van der Waals surface area contributed by atoms with Gasteiger partial charge < -0.3 is 18.9 Å². The minimum absolute atomic E-state index is 0.231. The molecule has 4 aliphatic rings. The van der Waals surface area contributed by atoms with Gasteiger partial charge in [0.05, 0.1) is 36.6 Å². The molecule has 0 N–H and O–H groups in total. The van der Waals surface area contributed by atoms with Gasteiger partial charge in [0.15, 0.2) is 0 Å². The van der Waals surface area contributed by atoms with Gasteiger partial charge in [-0.15, -0.1) is 0 Å². The molecular weight excluding hydrogens is 336 g/mol. The first kappa shape index (κ1) is 18.5. The summed E-state index contributed by atoms with van der Waals surface area (Å²) in [5.41, 5.74) is 0.463. The van der Waals surface area contributed by atoms with Crippen molar-refractivity contribution in [2.24, 2.45) is 11.8 Å². The Morgan fingerprint density at radius 1 is 0.840 bits per heavy atom. The fraction of sp³-hybridized carbons (Fsp3) is 1.00. The van der Waals surface area contributed by atoms with Crippen LogP contribution in [0.3, 0.4) is 0 Å². The molecule has 2 saturated heterocycles. The molecule has 5 heteroatoms. The van der Waals surface area contributed by atoms with Crippen LogP contribution >= 0.6 is 11.8 Å². The lowest BCUT2D eigenvalue weighted by Gasteiger charge is -2.22. The van der Waals surface area contributed by atoms with E-state index in [0.717, 1.165) is 37.9 Å². The number of hydrogen-bond donors (Lipinski definition) is 0. The summed E-state index contributed by atoms with van der Waals surface area (Å²) in [7, 11) is 0. The molecule has 0 aromatic carbocycles. The van der Waals surface area contributed by atoms with E-state index in [9.17, 15) is 0 Å². The van der Waals surface area contributed by atoms with Crippen LogP contribution in [0.1, 0.15) is 52.4 Å². The molecule has 0 aromatic rings. The van der Waals surface area contributed by atoms with E-state index < -0.39 is 0 Å². The van der Waals surface area contributed by atoms with Crippen molar-refractivity contribution in [2.75, 3.05) is 37.9 Å². The Labute approximate surface area is 156 Å². The van der Waals surface area contributed by atoms with Crippen LogP contribution in [0, 0.1) is 11.8 Å². The van der Waals surface area contributed by atoms with Gasteiger partial charge >= 0.3 is 0 Å². The molecule has 4 rings (SSSR count). The maximum atomic E-state index is 5.87. The molecule has 0 bridgehead atoms. The summed E-state index contributed by atoms with van der Waals surface area (Å²) in [6.07, 6.45) is 8.39. The average molecular weight is 371 g/mol. The van der Waals surface area contributed by atoms with Crippen molar-refractivity contribution in [3.63, 3.8) is 0 Å². The van der Waals surface area contributed by atoms with Crippen LogP contribution < -0.4 is 0 Å². The van der Waals surface area contributed by atoms with Crippen molar-refractivity contribution in [1.82, 2.24) is 0 Å². The third-order valence-corrected chi connectivity index (χ3v) is 7.63. The molecule has 6 atom stereocenters. The van der Waals surface area contributed by atoms with Crippen LogP contribution in [0.25, 0.3) is 0 Å². The predicted molar refractivity (Wildman–Crippen MR) is 100 cm³/mol. The lowest BCUT2D eigenvalue weighted by molar-refractivity contribution is 0.0955. The van der Waals surface area contributed by atoms with E-state index >= 15 is 0 Å². The van der Waals surface area contributed by atoms with Gasteiger partial charge in [0.2, 0.25) is 0 Å². The van der Waals surface area contributed by atoms with Crippen LogP contribution in [0.5, 0.6) is 0 Å². The van der Waals surface area contributed by atoms with Crippen molar-refractivity contribution in [1.29, 1.82) is 0 Å². The van der Waals surface area contributed by atoms with Crippen molar-refractivity contribution in [3.05, 3.63) is 0 Å². The minimum Gasteiger partial charge on any atom is -0.380 e. The van der Waals surface area contributed by atoms with E-state index in [1.54, 1.807) is 0 Å². The summed E-state index contributed by atoms with van der Waals surface area (Å²) in [6.45, 7) is 8.05. The molecule has 2 aliphatic carbocycles. The second-order valence-corrected chi connectivity index (χ2v) is 10.1. The zero-order chi connectivity index (χ0) is 17.3. The van der Waals surface area contributed by atoms with Gasteiger partial charge in [-0.1, -0.05) is 0 Å². The normalized spacial score (nSPS) is 44.9. The second kappa shape index (κ2) is 7.67. The zero-order valence-corrected chi connectivity index (χ0v) is 16.7. The van der Waals surface area contributed by atoms with Gasteiger partial charge in [0.1, 0.15) is 0 Å². The fourth-order valence-electron chi connectivity index (χ4n) is 4.58. The Morgan fingerprint density at radius 2 is 1.32 bits per heavy atom. The zero-order valence-electron chi connectivity index (χ0n) is 15.8. The maximum Gasteiger partial charge on any atom is 0.0920 e. The number of fused-ring (bicyclic) bond motifs is 2. The highest BCUT2D eigenvalue weighted by molar-refractivity contribution is 7.99. The summed E-state index contributed by atoms with van der Waals surface area (Å²) in [4.78, 5) is 0. The van der Waals surface area contributed by atoms with Gasteiger partial charge in [-0.3, -0.25) is 0 Å². The van der Waals surface area contributed by atoms with Crippen LogP contribution in [-0.2, 0) is 18.9 Å². The predicted octanol–water partition coefficient (Wildman–Crippen LogP) is 3.67. The number of ether oxygens (including phenoxy) is 4. The largest absolute Gasteiger partial charge is 0.380 e. The van der Waals surface area contributed by atoms with Gasteiger partial charge in [0.25, 0.3) is 0 Å². The van der Waals surface area contributed by atoms with E-state index in [-0.39, 0.29) is 11.2 Å². The molecule has 4 nitrogen and oxygen atoms in total. The molecule has 0 amide bonds. The summed E-state index contributed by atoms with van der Waals surface area (Å²) < 4.78 is 23.2. The molecular formula is C20H34O4S. The Bertz CT molecular complexity index is 421. The lowest BCUT2D eigenvalue weighted by Crippen LogP contribution is -2.24. The molecule has 144 valence electrons. The third kappa shape index (κ3) is 4.73. The molecule has 2 heterocycles. The van der Waals surface area contributed by atoms with E-state index in [1.165, 1.54) is 38.5 Å². The second-order valence-electron chi connectivity index (χ2n) is 8.88. The first-order chi connectivity index (χ1) is 12.1. The van der Waals surface area contributed by atoms with Crippen LogP contribution in [-0.4, -0.2) is 61.3 Å². The van der Waals surface area contributed by atoms with Crippen molar-refractivity contribution in [2.45, 2.75) is 75.8 Å². The molecule has 0 aromatic heterocycles. The summed E-state index contributed by atoms with van der Waals surface area (Å²) in [5.74, 6) is 3.57. The highest BCUT2D eigenvalue weighted by Gasteiger charge is 2.55. The van der Waals surface area contributed by atoms with E-state index in [2.05, 4.69) is 13.8 Å². The van der Waals surface area contributed by atoms with Crippen molar-refractivity contribution in [3.8, 4) is 0 Å². The smallest absolute Gasteiger partial charge is 0.0920 e. The van der Waals surface area contributed by atoms with E-state index in [1.807, 2.05) is 11.8 Å². The Kier molecular flexibility index (Phi) is 5.69. The molecule has 4 fully saturated rings. The standard InChI is InChI=1S/C20H34O4S/c1-19-5-3-15(11-17(19)23-19)13-21-7-9-25-10-8-22-14-16-4-6-20(2)18(12-16)24-20/h15-18H,3-14H2,1-2H3. The van der Waals surface area contributed by atoms with Crippen molar-refractivity contribution < 1.29 is 18.9 Å². The first-order valence-electron chi connectivity index (χ1n) is 10.2. The van der Waals surface area contributed by atoms with Crippen molar-refractivity contribution >= 4 is 11.8 Å². The lowest BCUT2D eigenvalue weighted by atomic mass is 9.83. The Morgan fingerprint density at radius 3 is 1.76 bits per heavy atom. The molecule has 0 spiro atoms. The maximum absolute atomic E-state index is 5.87. The van der Waals surface area contributed by atoms with Gasteiger partial charge in [-0.05, 0) is 64.2 Å². The number of epoxide rings is 2. The number of thioether (sulfide) groups is 1. The summed E-state index contributed by atoms with van der Waals surface area (Å²) in [5, 5.41) is 0. The SMILES string of the molecule is CC12CCC(COCCSCCOCC3CCC4(C)OC4C3)CC1O2. The monoisotopic (exact) mass is 370 g/mol. The number of hydrogen-bond acceptors (Lipinski definition) is 5. The van der Waals surface area contributed by atoms with Crippen LogP contribution in [0.15, 0.2) is 0 Å². The minimum atomic E-state index is 0.231. The Balaban J connectivity index is 0.939. The third-order valence-electron chi connectivity index (χ3n) is 6.71. The molecule has 2 aliphatic heterocycles. The highest BCUT2D eigenvalue weighted by atomic mass is 32.2. The molecule has 2 saturated carbocycles. The molecule has 25 heavy (non-hydrogen) atoms. The summed E-state index contributed by atoms with van der Waals surface area (Å²) >= 11 is 1.94. The van der Waals surface area contributed by atoms with Crippen LogP contribution in [0.2, 0.25) is 0 Å². The molecule has 6 unspecified atom stereocenters. The average Bonchev–Trinajstić information content (AvgIpc) is 3.46. The van der Waals surface area contributed by atoms with Gasteiger partial charge in [-0.25, -0.2) is 0 Å². The topological polar surface area (TPSA) is 43.5 Å². The first-order valence-corrected chi connectivity index (χ1v) is 11.3. The van der Waals surface area contributed by atoms with Gasteiger partial charge in [0, 0.05) is 24.7 Å². The van der Waals surface area contributed by atoms with Gasteiger partial charge in [-0.2, -0.15) is 11.8 Å². The Hall–Kier alpha value is 0.190. The fourth-order valence-corrected chi connectivity index (χ4v) is 5.26. The summed E-state index contributed by atoms with van der Waals surface area (Å²) in [6, 6.07) is 0. The highest BCUT2D eigenvalue weighted by Crippen LogP contribution is 2.49. The number of rotatable bonds is 10. The molecule has 0 radical (unpaired) electrons. The van der Waals surface area contributed by atoms with E-state index in [4.69, 9.17) is 18.9 Å². The quantitative estimate of drug-likeness (QED) is 0.434. The van der Waals surface area contributed by atoms with Crippen LogP contribution in [0.4, 0.5) is 0 Å².